The van der Waals surface area contributed by atoms with Crippen molar-refractivity contribution < 1.29 is 4.39 Å². The van der Waals surface area contributed by atoms with E-state index in [1.165, 1.54) is 33.4 Å². The summed E-state index contributed by atoms with van der Waals surface area (Å²) in [6.45, 7) is 0. The van der Waals surface area contributed by atoms with Gasteiger partial charge in [-0.3, -0.25) is 18.7 Å². The van der Waals surface area contributed by atoms with Gasteiger partial charge in [0.1, 0.15) is 11.6 Å². The lowest BCUT2D eigenvalue weighted by Crippen LogP contribution is -2.15. The molecule has 3 aromatic heterocycles. The van der Waals surface area contributed by atoms with Crippen LogP contribution in [0.15, 0.2) is 94.9 Å². The first-order valence-electron chi connectivity index (χ1n) is 8.58. The molecule has 0 spiro atoms. The highest BCUT2D eigenvalue weighted by Crippen LogP contribution is 2.13. The SMILES string of the molecule is Nc1ccc(-n2ccccc2=O)cc1F.Nc1ccc(-n2ccccc2=O)cn1. The summed E-state index contributed by atoms with van der Waals surface area (Å²) in [5, 5.41) is 0. The van der Waals surface area contributed by atoms with Crippen LogP contribution in [-0.4, -0.2) is 14.1 Å². The Kier molecular flexibility index (Phi) is 5.84. The second-order valence-corrected chi connectivity index (χ2v) is 5.96. The van der Waals surface area contributed by atoms with Crippen molar-refractivity contribution in [3.05, 3.63) is 112 Å². The van der Waals surface area contributed by atoms with Crippen LogP contribution in [0.1, 0.15) is 0 Å². The Labute approximate surface area is 165 Å². The monoisotopic (exact) mass is 391 g/mol. The summed E-state index contributed by atoms with van der Waals surface area (Å²) in [5.74, 6) is -0.0824. The van der Waals surface area contributed by atoms with E-state index in [9.17, 15) is 14.0 Å². The van der Waals surface area contributed by atoms with Gasteiger partial charge in [-0.15, -0.1) is 0 Å². The summed E-state index contributed by atoms with van der Waals surface area (Å²) < 4.78 is 16.0. The second-order valence-electron chi connectivity index (χ2n) is 5.96. The zero-order valence-corrected chi connectivity index (χ0v) is 15.3. The molecule has 29 heavy (non-hydrogen) atoms. The third-order valence-corrected chi connectivity index (χ3v) is 3.96. The van der Waals surface area contributed by atoms with Crippen LogP contribution in [-0.2, 0) is 0 Å². The summed E-state index contributed by atoms with van der Waals surface area (Å²) in [4.78, 5) is 26.7. The summed E-state index contributed by atoms with van der Waals surface area (Å²) in [7, 11) is 0. The van der Waals surface area contributed by atoms with Gasteiger partial charge in [-0.1, -0.05) is 12.1 Å². The average molecular weight is 391 g/mol. The van der Waals surface area contributed by atoms with E-state index in [1.807, 2.05) is 0 Å². The lowest BCUT2D eigenvalue weighted by Gasteiger charge is -2.05. The van der Waals surface area contributed by atoms with E-state index in [2.05, 4.69) is 4.98 Å². The standard InChI is InChI=1S/C11H9FN2O.C10H9N3O/c12-9-7-8(4-5-10(9)13)14-6-2-1-3-11(14)15;11-9-5-4-8(7-12-9)13-6-2-1-3-10(13)14/h1-7H,13H2;1-7H,(H2,11,12). The van der Waals surface area contributed by atoms with Gasteiger partial charge in [0.15, 0.2) is 0 Å². The molecule has 4 rings (SSSR count). The van der Waals surface area contributed by atoms with E-state index in [0.29, 0.717) is 17.2 Å². The molecule has 0 aliphatic heterocycles. The predicted octanol–water partition coefficient (Wildman–Crippen LogP) is 2.37. The largest absolute Gasteiger partial charge is 0.396 e. The normalized spacial score (nSPS) is 10.1. The Hall–Kier alpha value is -4.20. The van der Waals surface area contributed by atoms with Crippen LogP contribution in [0, 0.1) is 5.82 Å². The number of nitrogens with zero attached hydrogens (tertiary/aromatic N) is 3. The molecule has 7 nitrogen and oxygen atoms in total. The zero-order valence-electron chi connectivity index (χ0n) is 15.3. The molecule has 8 heteroatoms. The molecule has 0 radical (unpaired) electrons. The maximum atomic E-state index is 13.2. The number of halogens is 1. The highest BCUT2D eigenvalue weighted by Gasteiger charge is 2.02. The zero-order chi connectivity index (χ0) is 20.8. The molecule has 0 saturated heterocycles. The number of benzene rings is 1. The first-order chi connectivity index (χ1) is 14.0. The van der Waals surface area contributed by atoms with Crippen molar-refractivity contribution in [1.82, 2.24) is 14.1 Å². The summed E-state index contributed by atoms with van der Waals surface area (Å²) in [5.41, 5.74) is 11.7. The fourth-order valence-corrected chi connectivity index (χ4v) is 2.49. The van der Waals surface area contributed by atoms with Gasteiger partial charge in [0, 0.05) is 30.6 Å². The van der Waals surface area contributed by atoms with Gasteiger partial charge in [0.25, 0.3) is 11.1 Å². The molecule has 0 fully saturated rings. The Morgan fingerprint density at radius 3 is 1.86 bits per heavy atom. The predicted molar refractivity (Wildman–Crippen MR) is 111 cm³/mol. The minimum absolute atomic E-state index is 0.0720. The topological polar surface area (TPSA) is 109 Å². The molecule has 4 N–H and O–H groups in total. The Balaban J connectivity index is 0.000000166. The van der Waals surface area contributed by atoms with E-state index in [0.717, 1.165) is 0 Å². The molecule has 146 valence electrons. The quantitative estimate of drug-likeness (QED) is 0.510. The summed E-state index contributed by atoms with van der Waals surface area (Å²) in [6.07, 6.45) is 4.83. The molecular formula is C21H18FN5O2. The summed E-state index contributed by atoms with van der Waals surface area (Å²) >= 11 is 0. The van der Waals surface area contributed by atoms with Crippen molar-refractivity contribution >= 4 is 11.5 Å². The van der Waals surface area contributed by atoms with Gasteiger partial charge in [0.2, 0.25) is 0 Å². The fraction of sp³-hybridized carbons (Fsp3) is 0. The maximum absolute atomic E-state index is 13.2. The highest BCUT2D eigenvalue weighted by atomic mass is 19.1. The molecule has 0 aliphatic rings. The molecular weight excluding hydrogens is 373 g/mol. The van der Waals surface area contributed by atoms with Crippen LogP contribution in [0.5, 0.6) is 0 Å². The van der Waals surface area contributed by atoms with Gasteiger partial charge in [-0.25, -0.2) is 9.37 Å². The number of nitrogens with two attached hydrogens (primary N) is 2. The molecule has 0 amide bonds. The van der Waals surface area contributed by atoms with E-state index < -0.39 is 5.82 Å². The highest BCUT2D eigenvalue weighted by molar-refractivity contribution is 5.46. The Bertz CT molecular complexity index is 1230. The van der Waals surface area contributed by atoms with Crippen molar-refractivity contribution in [3.8, 4) is 11.4 Å². The number of hydrogen-bond acceptors (Lipinski definition) is 5. The minimum Gasteiger partial charge on any atom is -0.396 e. The maximum Gasteiger partial charge on any atom is 0.255 e. The number of hydrogen-bond donors (Lipinski definition) is 2. The van der Waals surface area contributed by atoms with Crippen LogP contribution in [0.2, 0.25) is 0 Å². The second kappa shape index (κ2) is 8.66. The Morgan fingerprint density at radius 1 is 0.759 bits per heavy atom. The third kappa shape index (κ3) is 4.75. The van der Waals surface area contributed by atoms with Crippen LogP contribution in [0.25, 0.3) is 11.4 Å². The first kappa shape index (κ1) is 19.6. The van der Waals surface area contributed by atoms with Crippen molar-refractivity contribution in [2.45, 2.75) is 0 Å². The summed E-state index contributed by atoms with van der Waals surface area (Å²) in [6, 6.07) is 17.4. The van der Waals surface area contributed by atoms with Gasteiger partial charge >= 0.3 is 0 Å². The van der Waals surface area contributed by atoms with Crippen molar-refractivity contribution in [1.29, 1.82) is 0 Å². The van der Waals surface area contributed by atoms with Gasteiger partial charge in [-0.2, -0.15) is 0 Å². The molecule has 1 aromatic carbocycles. The van der Waals surface area contributed by atoms with Gasteiger partial charge < -0.3 is 11.5 Å². The molecule has 3 heterocycles. The van der Waals surface area contributed by atoms with E-state index >= 15 is 0 Å². The van der Waals surface area contributed by atoms with Crippen molar-refractivity contribution in [3.63, 3.8) is 0 Å². The Morgan fingerprint density at radius 2 is 1.34 bits per heavy atom. The number of aromatic nitrogens is 3. The lowest BCUT2D eigenvalue weighted by atomic mass is 10.2. The number of rotatable bonds is 2. The van der Waals surface area contributed by atoms with E-state index in [4.69, 9.17) is 11.5 Å². The third-order valence-electron chi connectivity index (χ3n) is 3.96. The first-order valence-corrected chi connectivity index (χ1v) is 8.58. The average Bonchev–Trinajstić information content (AvgIpc) is 2.72. The smallest absolute Gasteiger partial charge is 0.255 e. The van der Waals surface area contributed by atoms with Crippen molar-refractivity contribution in [2.24, 2.45) is 0 Å². The number of nitrogen functional groups attached to an aromatic ring is 2. The molecule has 0 bridgehead atoms. The molecule has 0 saturated carbocycles. The molecule has 0 aliphatic carbocycles. The number of anilines is 2. The van der Waals surface area contributed by atoms with Crippen LogP contribution in [0.4, 0.5) is 15.9 Å². The molecule has 4 aromatic rings. The molecule has 0 unspecified atom stereocenters. The van der Waals surface area contributed by atoms with Crippen LogP contribution < -0.4 is 22.6 Å². The lowest BCUT2D eigenvalue weighted by molar-refractivity contribution is 0.631. The van der Waals surface area contributed by atoms with Gasteiger partial charge in [0.05, 0.1) is 23.3 Å². The van der Waals surface area contributed by atoms with Crippen LogP contribution >= 0.6 is 0 Å². The van der Waals surface area contributed by atoms with Crippen LogP contribution in [0.3, 0.4) is 0 Å². The van der Waals surface area contributed by atoms with E-state index in [-0.39, 0.29) is 16.8 Å². The fourth-order valence-electron chi connectivity index (χ4n) is 2.49. The van der Waals surface area contributed by atoms with Gasteiger partial charge in [-0.05, 0) is 36.4 Å². The number of pyridine rings is 3. The van der Waals surface area contributed by atoms with Crippen molar-refractivity contribution in [2.75, 3.05) is 11.5 Å². The minimum atomic E-state index is -0.525. The van der Waals surface area contributed by atoms with E-state index in [1.54, 1.807) is 61.1 Å². The molecule has 0 atom stereocenters.